The van der Waals surface area contributed by atoms with E-state index in [0.29, 0.717) is 0 Å². The molecule has 4 heteroatoms. The van der Waals surface area contributed by atoms with Crippen LogP contribution in [-0.2, 0) is 0 Å². The Morgan fingerprint density at radius 3 is 1.52 bits per heavy atom. The Kier molecular flexibility index (Phi) is 5.98. The van der Waals surface area contributed by atoms with E-state index in [1.807, 2.05) is 0 Å². The van der Waals surface area contributed by atoms with Crippen molar-refractivity contribution in [3.63, 3.8) is 0 Å². The van der Waals surface area contributed by atoms with Gasteiger partial charge in [-0.25, -0.2) is 0 Å². The van der Waals surface area contributed by atoms with Crippen molar-refractivity contribution < 1.29 is 56.9 Å². The summed E-state index contributed by atoms with van der Waals surface area (Å²) in [5.41, 5.74) is 0. The van der Waals surface area contributed by atoms with Crippen LogP contribution in [0.15, 0.2) is 0 Å². The van der Waals surface area contributed by atoms with Crippen molar-refractivity contribution in [3.05, 3.63) is 0 Å². The summed E-state index contributed by atoms with van der Waals surface area (Å²) in [5, 5.41) is 0. The Morgan fingerprint density at radius 1 is 0.667 bits per heavy atom. The fraction of sp³-hybridized carbons (Fsp3) is 1.00. The van der Waals surface area contributed by atoms with E-state index >= 15 is 0 Å². The Bertz CT molecular complexity index is 344. The van der Waals surface area contributed by atoms with Gasteiger partial charge in [0.15, 0.2) is 0 Å². The lowest BCUT2D eigenvalue weighted by molar-refractivity contribution is -0.997. The van der Waals surface area contributed by atoms with Crippen molar-refractivity contribution in [1.29, 1.82) is 0 Å². The maximum Gasteiger partial charge on any atom is 0.0971 e. The molecule has 4 aliphatic rings. The zero-order chi connectivity index (χ0) is 13.1. The van der Waals surface area contributed by atoms with Crippen LogP contribution in [0.3, 0.4) is 0 Å². The number of hydrogen-bond acceptors (Lipinski definition) is 0. The van der Waals surface area contributed by atoms with Crippen molar-refractivity contribution in [1.82, 2.24) is 0 Å². The number of piperidine rings is 4. The van der Waals surface area contributed by atoms with Gasteiger partial charge in [0.05, 0.1) is 64.2 Å². The topological polar surface area (TPSA) is 0 Å². The van der Waals surface area contributed by atoms with Gasteiger partial charge < -0.3 is 56.9 Å². The Hall–Kier alpha value is 1.38. The third-order valence-corrected chi connectivity index (χ3v) is 7.44. The maximum absolute atomic E-state index is 2.60. The van der Waals surface area contributed by atoms with Crippen molar-refractivity contribution in [2.24, 2.45) is 11.8 Å². The van der Waals surface area contributed by atoms with Crippen molar-refractivity contribution in [3.8, 4) is 0 Å². The molecule has 124 valence electrons. The van der Waals surface area contributed by atoms with Crippen LogP contribution in [0.1, 0.15) is 44.9 Å². The molecule has 2 bridgehead atoms. The van der Waals surface area contributed by atoms with E-state index < -0.39 is 0 Å². The number of quaternary nitrogens is 2. The van der Waals surface area contributed by atoms with Crippen molar-refractivity contribution in [2.75, 3.05) is 40.3 Å². The average Bonchev–Trinajstić information content (AvgIpc) is 2.37. The fourth-order valence-electron chi connectivity index (χ4n) is 6.72. The standard InChI is InChI=1S/C17H32N2.2HI/c1-18-9-5-3-7-16(18)15-11-14(12-18)17-8-4-6-10-19(17,2)13-15;;/h14-17H,3-13H2,1-2H3;2*1H/q+2;;/p-2/t14-,15?,16+,17+,18?,19?;;/m0../s1. The normalized spacial score (nSPS) is 51.7. The van der Waals surface area contributed by atoms with Crippen LogP contribution >= 0.6 is 0 Å². The van der Waals surface area contributed by atoms with Gasteiger partial charge in [0.25, 0.3) is 0 Å². The summed E-state index contributed by atoms with van der Waals surface area (Å²) in [6.07, 6.45) is 10.6. The molecule has 4 aliphatic heterocycles. The quantitative estimate of drug-likeness (QED) is 0.233. The van der Waals surface area contributed by atoms with Gasteiger partial charge in [-0.1, -0.05) is 0 Å². The SMILES string of the molecule is C[N+]12CCCC[C@@H]1C1C[C@@H](C2)[C@H]2CCCC[N+]2(C)C1.[I-].[I-]. The lowest BCUT2D eigenvalue weighted by Gasteiger charge is -2.62. The first-order valence-corrected chi connectivity index (χ1v) is 8.79. The van der Waals surface area contributed by atoms with Crippen molar-refractivity contribution >= 4 is 0 Å². The predicted molar refractivity (Wildman–Crippen MR) is 78.7 cm³/mol. The minimum atomic E-state index is 0. The van der Waals surface area contributed by atoms with E-state index in [0.717, 1.165) is 23.9 Å². The van der Waals surface area contributed by atoms with E-state index in [1.165, 1.54) is 73.7 Å². The third kappa shape index (κ3) is 3.04. The van der Waals surface area contributed by atoms with Crippen LogP contribution in [0.25, 0.3) is 0 Å². The summed E-state index contributed by atoms with van der Waals surface area (Å²) in [6.45, 7) is 5.99. The number of halogens is 2. The van der Waals surface area contributed by atoms with Crippen LogP contribution in [0, 0.1) is 11.8 Å². The molecule has 0 N–H and O–H groups in total. The first-order valence-electron chi connectivity index (χ1n) is 8.79. The number of fused-ring (bicyclic) bond motifs is 6. The molecule has 3 unspecified atom stereocenters. The second-order valence-electron chi connectivity index (χ2n) is 8.65. The largest absolute Gasteiger partial charge is 1.00 e. The number of rotatable bonds is 0. The summed E-state index contributed by atoms with van der Waals surface area (Å²) >= 11 is 0. The summed E-state index contributed by atoms with van der Waals surface area (Å²) in [6, 6.07) is 2.03. The molecular formula is C17H32I2N2. The second kappa shape index (κ2) is 6.71. The van der Waals surface area contributed by atoms with Crippen LogP contribution in [0.4, 0.5) is 0 Å². The van der Waals surface area contributed by atoms with Crippen LogP contribution < -0.4 is 48.0 Å². The first-order chi connectivity index (χ1) is 9.11. The average molecular weight is 518 g/mol. The molecule has 0 spiro atoms. The first kappa shape index (κ1) is 18.7. The van der Waals surface area contributed by atoms with Gasteiger partial charge in [0.1, 0.15) is 0 Å². The van der Waals surface area contributed by atoms with Gasteiger partial charge in [0.2, 0.25) is 0 Å². The lowest BCUT2D eigenvalue weighted by Crippen LogP contribution is -3.00. The highest BCUT2D eigenvalue weighted by Crippen LogP contribution is 2.47. The van der Waals surface area contributed by atoms with Gasteiger partial charge >= 0.3 is 0 Å². The molecule has 4 rings (SSSR count). The molecule has 0 amide bonds. The minimum Gasteiger partial charge on any atom is -1.00 e. The van der Waals surface area contributed by atoms with Crippen molar-refractivity contribution in [2.45, 2.75) is 57.0 Å². The highest BCUT2D eigenvalue weighted by Gasteiger charge is 2.58. The fourth-order valence-corrected chi connectivity index (χ4v) is 6.72. The molecule has 0 aliphatic carbocycles. The van der Waals surface area contributed by atoms with Crippen LogP contribution in [0.2, 0.25) is 0 Å². The monoisotopic (exact) mass is 518 g/mol. The van der Waals surface area contributed by atoms with Gasteiger partial charge in [-0.15, -0.1) is 0 Å². The molecule has 4 saturated heterocycles. The van der Waals surface area contributed by atoms with E-state index in [2.05, 4.69) is 14.1 Å². The number of nitrogens with zero attached hydrogens (tertiary/aromatic N) is 2. The smallest absolute Gasteiger partial charge is 0.0971 e. The van der Waals surface area contributed by atoms with Gasteiger partial charge in [0, 0.05) is 12.8 Å². The summed E-state index contributed by atoms with van der Waals surface area (Å²) < 4.78 is 2.90. The van der Waals surface area contributed by atoms with Crippen LogP contribution in [-0.4, -0.2) is 61.3 Å². The summed E-state index contributed by atoms with van der Waals surface area (Å²) in [5.74, 6) is 2.09. The molecular weight excluding hydrogens is 486 g/mol. The van der Waals surface area contributed by atoms with Gasteiger partial charge in [-0.2, -0.15) is 0 Å². The van der Waals surface area contributed by atoms with Gasteiger partial charge in [-0.3, -0.25) is 0 Å². The summed E-state index contributed by atoms with van der Waals surface area (Å²) in [7, 11) is 5.20. The Morgan fingerprint density at radius 2 is 1.10 bits per heavy atom. The predicted octanol–water partition coefficient (Wildman–Crippen LogP) is -3.36. The van der Waals surface area contributed by atoms with E-state index in [1.54, 1.807) is 6.42 Å². The molecule has 0 radical (unpaired) electrons. The molecule has 0 aromatic heterocycles. The molecule has 4 fully saturated rings. The summed E-state index contributed by atoms with van der Waals surface area (Å²) in [4.78, 5) is 0. The zero-order valence-electron chi connectivity index (χ0n) is 13.7. The highest BCUT2D eigenvalue weighted by molar-refractivity contribution is 4.90. The van der Waals surface area contributed by atoms with Gasteiger partial charge in [-0.05, 0) is 32.1 Å². The van der Waals surface area contributed by atoms with Crippen LogP contribution in [0.5, 0.6) is 0 Å². The maximum atomic E-state index is 2.60. The lowest BCUT2D eigenvalue weighted by atomic mass is 9.68. The Labute approximate surface area is 165 Å². The molecule has 21 heavy (non-hydrogen) atoms. The second-order valence-corrected chi connectivity index (χ2v) is 8.65. The molecule has 6 atom stereocenters. The van der Waals surface area contributed by atoms with E-state index in [4.69, 9.17) is 0 Å². The number of hydrogen-bond donors (Lipinski definition) is 0. The minimum absolute atomic E-state index is 0. The zero-order valence-corrected chi connectivity index (χ0v) is 18.1. The molecule has 0 aromatic carbocycles. The Balaban J connectivity index is 0.000000807. The van der Waals surface area contributed by atoms with E-state index in [-0.39, 0.29) is 48.0 Å². The molecule has 0 aromatic rings. The third-order valence-electron chi connectivity index (χ3n) is 7.44. The van der Waals surface area contributed by atoms with E-state index in [9.17, 15) is 0 Å². The molecule has 0 saturated carbocycles. The molecule has 4 heterocycles. The molecule has 2 nitrogen and oxygen atoms in total. The highest BCUT2D eigenvalue weighted by atomic mass is 127.